The third kappa shape index (κ3) is 3.93. The van der Waals surface area contributed by atoms with Crippen LogP contribution in [0.4, 0.5) is 17.1 Å². The van der Waals surface area contributed by atoms with Crippen LogP contribution in [-0.2, 0) is 6.54 Å². The number of aromatic nitrogens is 2. The van der Waals surface area contributed by atoms with E-state index in [1.165, 1.54) is 24.3 Å². The molecule has 0 saturated carbocycles. The number of carbonyl (C=O) groups is 1. The molecule has 0 saturated heterocycles. The summed E-state index contributed by atoms with van der Waals surface area (Å²) in [6.07, 6.45) is 2.32. The molecule has 0 aliphatic carbocycles. The number of anilines is 2. The van der Waals surface area contributed by atoms with Gasteiger partial charge in [-0.1, -0.05) is 24.3 Å². The molecule has 174 valence electrons. The van der Waals surface area contributed by atoms with E-state index in [1.807, 2.05) is 30.3 Å². The lowest BCUT2D eigenvalue weighted by atomic mass is 10.1. The summed E-state index contributed by atoms with van der Waals surface area (Å²) in [6, 6.07) is 18.6. The molecule has 1 aliphatic rings. The van der Waals surface area contributed by atoms with Crippen molar-refractivity contribution >= 4 is 45.6 Å². The van der Waals surface area contributed by atoms with Crippen molar-refractivity contribution in [1.82, 2.24) is 9.55 Å². The van der Waals surface area contributed by atoms with Gasteiger partial charge in [0.15, 0.2) is 0 Å². The minimum Gasteiger partial charge on any atom is -0.478 e. The monoisotopic (exact) mass is 468 g/mol. The molecule has 9 heteroatoms. The Labute approximate surface area is 199 Å². The first-order chi connectivity index (χ1) is 16.8. The fourth-order valence-electron chi connectivity index (χ4n) is 4.34. The van der Waals surface area contributed by atoms with E-state index >= 15 is 0 Å². The number of carboxylic acid groups (broad SMARTS) is 1. The smallest absolute Gasteiger partial charge is 0.335 e. The minimum absolute atomic E-state index is 0.0429. The summed E-state index contributed by atoms with van der Waals surface area (Å²) >= 11 is 0. The third-order valence-electron chi connectivity index (χ3n) is 6.14. The van der Waals surface area contributed by atoms with Crippen LogP contribution in [0.1, 0.15) is 28.2 Å². The van der Waals surface area contributed by atoms with Crippen LogP contribution in [0.2, 0.25) is 0 Å². The van der Waals surface area contributed by atoms with Crippen LogP contribution >= 0.6 is 0 Å². The van der Waals surface area contributed by atoms with Crippen molar-refractivity contribution < 1.29 is 14.8 Å². The molecule has 3 aromatic carbocycles. The lowest BCUT2D eigenvalue weighted by Crippen LogP contribution is -2.21. The highest BCUT2D eigenvalue weighted by atomic mass is 16.6. The molecule has 9 nitrogen and oxygen atoms in total. The maximum Gasteiger partial charge on any atom is 0.335 e. The number of hydrogen-bond donors (Lipinski definition) is 1. The fourth-order valence-corrected chi connectivity index (χ4v) is 4.34. The lowest BCUT2D eigenvalue weighted by Gasteiger charge is -2.19. The molecule has 1 aliphatic heterocycles. The van der Waals surface area contributed by atoms with Crippen LogP contribution in [0.3, 0.4) is 0 Å². The van der Waals surface area contributed by atoms with Gasteiger partial charge in [0.25, 0.3) is 11.2 Å². The molecule has 1 aromatic heterocycles. The quantitative estimate of drug-likeness (QED) is 0.333. The van der Waals surface area contributed by atoms with E-state index in [4.69, 9.17) is 0 Å². The van der Waals surface area contributed by atoms with Gasteiger partial charge in [-0.2, -0.15) is 0 Å². The Hall–Kier alpha value is -4.79. The van der Waals surface area contributed by atoms with Crippen LogP contribution in [0.15, 0.2) is 71.5 Å². The van der Waals surface area contributed by atoms with Crippen molar-refractivity contribution in [2.45, 2.75) is 13.0 Å². The van der Waals surface area contributed by atoms with E-state index in [-0.39, 0.29) is 16.8 Å². The summed E-state index contributed by atoms with van der Waals surface area (Å²) < 4.78 is 1.56. The van der Waals surface area contributed by atoms with Gasteiger partial charge in [-0.3, -0.25) is 19.5 Å². The number of benzene rings is 3. The van der Waals surface area contributed by atoms with E-state index in [0.717, 1.165) is 11.3 Å². The standard InChI is InChI=1S/C26H20N4O5/c1-28(19-5-3-2-4-6-19)22-10-7-16(14-23(22)30(34)35)13-17-11-12-29-24(17)27-21-15-18(26(32)33)8-9-20(21)25(29)31/h2-10,13-15H,11-12H2,1H3,(H,32,33). The lowest BCUT2D eigenvalue weighted by molar-refractivity contribution is -0.384. The number of fused-ring (bicyclic) bond motifs is 2. The highest BCUT2D eigenvalue weighted by molar-refractivity contribution is 5.93. The molecular formula is C26H20N4O5. The fraction of sp³-hybridized carbons (Fsp3) is 0.115. The highest BCUT2D eigenvalue weighted by Crippen LogP contribution is 2.35. The first-order valence-corrected chi connectivity index (χ1v) is 10.9. The van der Waals surface area contributed by atoms with Crippen molar-refractivity contribution in [3.05, 3.63) is 104 Å². The second-order valence-corrected chi connectivity index (χ2v) is 8.25. The van der Waals surface area contributed by atoms with Crippen molar-refractivity contribution in [2.75, 3.05) is 11.9 Å². The number of rotatable bonds is 5. The maximum atomic E-state index is 13.0. The minimum atomic E-state index is -1.10. The largest absolute Gasteiger partial charge is 0.478 e. The van der Waals surface area contributed by atoms with Crippen LogP contribution in [0.5, 0.6) is 0 Å². The second kappa shape index (κ2) is 8.53. The van der Waals surface area contributed by atoms with E-state index in [9.17, 15) is 24.8 Å². The molecule has 1 N–H and O–H groups in total. The van der Waals surface area contributed by atoms with Crippen LogP contribution in [0.25, 0.3) is 22.6 Å². The molecular weight excluding hydrogens is 448 g/mol. The number of carboxylic acids is 1. The summed E-state index contributed by atoms with van der Waals surface area (Å²) in [6.45, 7) is 0.431. The summed E-state index contributed by atoms with van der Waals surface area (Å²) in [7, 11) is 1.77. The van der Waals surface area contributed by atoms with Gasteiger partial charge in [-0.15, -0.1) is 0 Å². The first kappa shape index (κ1) is 22.0. The van der Waals surface area contributed by atoms with Crippen LogP contribution < -0.4 is 10.5 Å². The van der Waals surface area contributed by atoms with Gasteiger partial charge in [0.1, 0.15) is 11.5 Å². The average Bonchev–Trinajstić information content (AvgIpc) is 3.26. The predicted molar refractivity (Wildman–Crippen MR) is 133 cm³/mol. The summed E-state index contributed by atoms with van der Waals surface area (Å²) in [4.78, 5) is 42.1. The second-order valence-electron chi connectivity index (χ2n) is 8.25. The van der Waals surface area contributed by atoms with Gasteiger partial charge < -0.3 is 10.0 Å². The first-order valence-electron chi connectivity index (χ1n) is 10.9. The van der Waals surface area contributed by atoms with Gasteiger partial charge in [0, 0.05) is 25.3 Å². The number of aromatic carboxylic acids is 1. The predicted octanol–water partition coefficient (Wildman–Crippen LogP) is 4.72. The Morgan fingerprint density at radius 1 is 1.14 bits per heavy atom. The van der Waals surface area contributed by atoms with Crippen molar-refractivity contribution in [2.24, 2.45) is 0 Å². The summed E-state index contributed by atoms with van der Waals surface area (Å²) in [5.41, 5.74) is 2.71. The molecule has 0 bridgehead atoms. The molecule has 2 heterocycles. The molecule has 0 unspecified atom stereocenters. The Kier molecular flexibility index (Phi) is 5.37. The van der Waals surface area contributed by atoms with E-state index in [2.05, 4.69) is 4.98 Å². The van der Waals surface area contributed by atoms with E-state index < -0.39 is 10.9 Å². The number of nitrogens with zero attached hydrogens (tertiary/aromatic N) is 4. The van der Waals surface area contributed by atoms with Gasteiger partial charge in [-0.25, -0.2) is 9.78 Å². The Balaban J connectivity index is 1.58. The molecule has 0 spiro atoms. The topological polar surface area (TPSA) is 119 Å². The Morgan fingerprint density at radius 3 is 2.63 bits per heavy atom. The zero-order chi connectivity index (χ0) is 24.7. The molecule has 5 rings (SSSR count). The SMILES string of the molecule is CN(c1ccccc1)c1ccc(C=C2CCn3c2nc2cc(C(=O)O)ccc2c3=O)cc1[N+](=O)[O-]. The zero-order valence-corrected chi connectivity index (χ0v) is 18.7. The van der Waals surface area contributed by atoms with Crippen molar-refractivity contribution in [1.29, 1.82) is 0 Å². The van der Waals surface area contributed by atoms with E-state index in [1.54, 1.807) is 34.7 Å². The molecule has 4 aromatic rings. The van der Waals surface area contributed by atoms with Crippen molar-refractivity contribution in [3.8, 4) is 0 Å². The Bertz CT molecular complexity index is 1590. The van der Waals surface area contributed by atoms with Gasteiger partial charge in [0.05, 0.1) is 21.4 Å². The molecule has 0 atom stereocenters. The van der Waals surface area contributed by atoms with Gasteiger partial charge in [-0.05, 0) is 60.0 Å². The number of nitro groups is 1. The number of para-hydroxylation sites is 1. The summed E-state index contributed by atoms with van der Waals surface area (Å²) in [5, 5.41) is 21.5. The molecule has 35 heavy (non-hydrogen) atoms. The highest BCUT2D eigenvalue weighted by Gasteiger charge is 2.23. The number of allylic oxidation sites excluding steroid dienone is 1. The van der Waals surface area contributed by atoms with Crippen molar-refractivity contribution in [3.63, 3.8) is 0 Å². The molecule has 0 amide bonds. The zero-order valence-electron chi connectivity index (χ0n) is 18.7. The number of nitro benzene ring substituents is 1. The third-order valence-corrected chi connectivity index (χ3v) is 6.14. The Morgan fingerprint density at radius 2 is 1.91 bits per heavy atom. The molecule has 0 radical (unpaired) electrons. The van der Waals surface area contributed by atoms with E-state index in [0.29, 0.717) is 40.9 Å². The summed E-state index contributed by atoms with van der Waals surface area (Å²) in [5.74, 6) is -0.656. The number of hydrogen-bond acceptors (Lipinski definition) is 6. The normalized spacial score (nSPS) is 13.7. The van der Waals surface area contributed by atoms with Crippen LogP contribution in [0, 0.1) is 10.1 Å². The maximum absolute atomic E-state index is 13.0. The average molecular weight is 468 g/mol. The van der Waals surface area contributed by atoms with Gasteiger partial charge in [0.2, 0.25) is 0 Å². The van der Waals surface area contributed by atoms with Gasteiger partial charge >= 0.3 is 5.97 Å². The van der Waals surface area contributed by atoms with Crippen LogP contribution in [-0.4, -0.2) is 32.6 Å². The molecule has 0 fully saturated rings.